The first-order valence-electron chi connectivity index (χ1n) is 25.0. The van der Waals surface area contributed by atoms with Crippen molar-refractivity contribution in [2.75, 3.05) is 13.2 Å². The Labute approximate surface area is 348 Å². The molecule has 0 heterocycles. The SMILES string of the molecule is CCCCCCCCCCCCCCCCCCCCC(=O)O[C@@H](COC(=O)CCCCCCCCCCC)COC(=O)CCCCCCCCCCCCC. The van der Waals surface area contributed by atoms with Gasteiger partial charge in [-0.2, -0.15) is 0 Å². The van der Waals surface area contributed by atoms with Crippen LogP contribution in [-0.4, -0.2) is 37.2 Å². The smallest absolute Gasteiger partial charge is 0.306 e. The number of hydrogen-bond donors (Lipinski definition) is 0. The van der Waals surface area contributed by atoms with Crippen LogP contribution in [0.3, 0.4) is 0 Å². The first kappa shape index (κ1) is 54.4. The lowest BCUT2D eigenvalue weighted by Gasteiger charge is -2.18. The Bertz CT molecular complexity index is 828. The van der Waals surface area contributed by atoms with E-state index in [0.717, 1.165) is 57.8 Å². The normalized spacial score (nSPS) is 11.8. The van der Waals surface area contributed by atoms with Crippen LogP contribution < -0.4 is 0 Å². The number of carbonyl (C=O) groups excluding carboxylic acids is 3. The molecule has 0 aliphatic rings. The standard InChI is InChI=1S/C50H96O6/c1-4-7-10-13-16-19-21-22-23-24-25-26-27-29-32-35-38-41-44-50(53)56-47(45-54-48(51)42-39-36-33-30-18-15-12-9-6-3)46-55-49(52)43-40-37-34-31-28-20-17-14-11-8-5-2/h47H,4-46H2,1-3H3/t47-/m0/s1. The maximum atomic E-state index is 12.8. The third-order valence-corrected chi connectivity index (χ3v) is 11.4. The molecule has 0 N–H and O–H groups in total. The minimum atomic E-state index is -0.758. The van der Waals surface area contributed by atoms with E-state index in [0.29, 0.717) is 19.3 Å². The average molecular weight is 793 g/mol. The highest BCUT2D eigenvalue weighted by Gasteiger charge is 2.19. The van der Waals surface area contributed by atoms with Crippen molar-refractivity contribution < 1.29 is 28.6 Å². The fourth-order valence-corrected chi connectivity index (χ4v) is 7.56. The highest BCUT2D eigenvalue weighted by molar-refractivity contribution is 5.71. The van der Waals surface area contributed by atoms with Crippen LogP contribution in [0.25, 0.3) is 0 Å². The van der Waals surface area contributed by atoms with Crippen LogP contribution >= 0.6 is 0 Å². The monoisotopic (exact) mass is 793 g/mol. The lowest BCUT2D eigenvalue weighted by atomic mass is 10.0. The quantitative estimate of drug-likeness (QED) is 0.0347. The van der Waals surface area contributed by atoms with Crippen molar-refractivity contribution in [2.24, 2.45) is 0 Å². The van der Waals surface area contributed by atoms with E-state index in [4.69, 9.17) is 14.2 Å². The highest BCUT2D eigenvalue weighted by atomic mass is 16.6. The third kappa shape index (κ3) is 43.5. The molecule has 0 aromatic heterocycles. The number of ether oxygens (including phenoxy) is 3. The summed E-state index contributed by atoms with van der Waals surface area (Å²) in [6.07, 6.45) is 48.0. The van der Waals surface area contributed by atoms with Gasteiger partial charge in [-0.25, -0.2) is 0 Å². The first-order chi connectivity index (χ1) is 27.5. The maximum Gasteiger partial charge on any atom is 0.306 e. The molecule has 1 atom stereocenters. The molecule has 0 saturated carbocycles. The minimum Gasteiger partial charge on any atom is -0.462 e. The number of esters is 3. The molecule has 0 saturated heterocycles. The van der Waals surface area contributed by atoms with Crippen molar-refractivity contribution in [3.63, 3.8) is 0 Å². The summed E-state index contributed by atoms with van der Waals surface area (Å²) in [5.41, 5.74) is 0. The largest absolute Gasteiger partial charge is 0.462 e. The van der Waals surface area contributed by atoms with E-state index in [1.807, 2.05) is 0 Å². The summed E-state index contributed by atoms with van der Waals surface area (Å²) in [5, 5.41) is 0. The van der Waals surface area contributed by atoms with Crippen LogP contribution in [0.4, 0.5) is 0 Å². The van der Waals surface area contributed by atoms with Gasteiger partial charge < -0.3 is 14.2 Å². The van der Waals surface area contributed by atoms with Gasteiger partial charge in [0, 0.05) is 19.3 Å². The van der Waals surface area contributed by atoms with Crippen LogP contribution in [0.2, 0.25) is 0 Å². The predicted molar refractivity (Wildman–Crippen MR) is 238 cm³/mol. The second-order valence-electron chi connectivity index (χ2n) is 17.1. The fourth-order valence-electron chi connectivity index (χ4n) is 7.56. The Kier molecular flexibility index (Phi) is 44.8. The van der Waals surface area contributed by atoms with Crippen molar-refractivity contribution >= 4 is 17.9 Å². The fraction of sp³-hybridized carbons (Fsp3) is 0.940. The van der Waals surface area contributed by atoms with E-state index in [1.54, 1.807) is 0 Å². The molecule has 332 valence electrons. The number of carbonyl (C=O) groups is 3. The zero-order valence-corrected chi connectivity index (χ0v) is 37.9. The molecule has 6 nitrogen and oxygen atoms in total. The van der Waals surface area contributed by atoms with E-state index in [9.17, 15) is 14.4 Å². The molecule has 0 fully saturated rings. The van der Waals surface area contributed by atoms with Gasteiger partial charge in [0.05, 0.1) is 0 Å². The number of unbranched alkanes of at least 4 members (excludes halogenated alkanes) is 35. The second kappa shape index (κ2) is 46.1. The van der Waals surface area contributed by atoms with Gasteiger partial charge in [-0.15, -0.1) is 0 Å². The van der Waals surface area contributed by atoms with E-state index < -0.39 is 6.10 Å². The Morgan fingerprint density at radius 2 is 0.482 bits per heavy atom. The summed E-state index contributed by atoms with van der Waals surface area (Å²) in [7, 11) is 0. The van der Waals surface area contributed by atoms with E-state index in [-0.39, 0.29) is 31.1 Å². The Balaban J connectivity index is 4.23. The first-order valence-corrected chi connectivity index (χ1v) is 25.0. The van der Waals surface area contributed by atoms with Crippen molar-refractivity contribution in [1.82, 2.24) is 0 Å². The second-order valence-corrected chi connectivity index (χ2v) is 17.1. The summed E-state index contributed by atoms with van der Waals surface area (Å²) in [6, 6.07) is 0. The van der Waals surface area contributed by atoms with E-state index in [2.05, 4.69) is 20.8 Å². The van der Waals surface area contributed by atoms with Crippen LogP contribution in [0.15, 0.2) is 0 Å². The summed E-state index contributed by atoms with van der Waals surface area (Å²) >= 11 is 0. The maximum absolute atomic E-state index is 12.8. The Morgan fingerprint density at radius 3 is 0.714 bits per heavy atom. The summed E-state index contributed by atoms with van der Waals surface area (Å²) < 4.78 is 16.7. The third-order valence-electron chi connectivity index (χ3n) is 11.4. The Hall–Kier alpha value is -1.59. The van der Waals surface area contributed by atoms with Crippen molar-refractivity contribution in [2.45, 2.75) is 290 Å². The molecule has 56 heavy (non-hydrogen) atoms. The van der Waals surface area contributed by atoms with Gasteiger partial charge in [-0.3, -0.25) is 14.4 Å². The molecular weight excluding hydrogens is 697 g/mol. The zero-order valence-electron chi connectivity index (χ0n) is 37.9. The molecule has 0 unspecified atom stereocenters. The topological polar surface area (TPSA) is 78.9 Å². The summed E-state index contributed by atoms with van der Waals surface area (Å²) in [4.78, 5) is 37.8. The average Bonchev–Trinajstić information content (AvgIpc) is 3.19. The number of hydrogen-bond acceptors (Lipinski definition) is 6. The van der Waals surface area contributed by atoms with Crippen LogP contribution in [-0.2, 0) is 28.6 Å². The molecule has 0 aliphatic heterocycles. The molecular formula is C50H96O6. The minimum absolute atomic E-state index is 0.0625. The van der Waals surface area contributed by atoms with Crippen LogP contribution in [0.1, 0.15) is 284 Å². The molecule has 0 rings (SSSR count). The summed E-state index contributed by atoms with van der Waals surface area (Å²) in [6.45, 7) is 6.65. The van der Waals surface area contributed by atoms with Gasteiger partial charge in [0.15, 0.2) is 6.10 Å². The van der Waals surface area contributed by atoms with Gasteiger partial charge in [0.25, 0.3) is 0 Å². The van der Waals surface area contributed by atoms with Crippen molar-refractivity contribution in [1.29, 1.82) is 0 Å². The Morgan fingerprint density at radius 1 is 0.286 bits per heavy atom. The molecule has 0 spiro atoms. The zero-order chi connectivity index (χ0) is 40.8. The molecule has 0 aliphatic carbocycles. The highest BCUT2D eigenvalue weighted by Crippen LogP contribution is 2.16. The van der Waals surface area contributed by atoms with Gasteiger partial charge in [-0.05, 0) is 19.3 Å². The predicted octanol–water partition coefficient (Wildman–Crippen LogP) is 16.0. The van der Waals surface area contributed by atoms with Crippen molar-refractivity contribution in [3.05, 3.63) is 0 Å². The molecule has 0 bridgehead atoms. The summed E-state index contributed by atoms with van der Waals surface area (Å²) in [5.74, 6) is -0.848. The van der Waals surface area contributed by atoms with Gasteiger partial charge in [0.2, 0.25) is 0 Å². The van der Waals surface area contributed by atoms with Crippen LogP contribution in [0.5, 0.6) is 0 Å². The van der Waals surface area contributed by atoms with Crippen LogP contribution in [0, 0.1) is 0 Å². The van der Waals surface area contributed by atoms with E-state index in [1.165, 1.54) is 186 Å². The number of rotatable bonds is 46. The van der Waals surface area contributed by atoms with Crippen molar-refractivity contribution in [3.8, 4) is 0 Å². The lowest BCUT2D eigenvalue weighted by molar-refractivity contribution is -0.167. The molecule has 0 aromatic carbocycles. The lowest BCUT2D eigenvalue weighted by Crippen LogP contribution is -2.30. The van der Waals surface area contributed by atoms with Gasteiger partial charge >= 0.3 is 17.9 Å². The van der Waals surface area contributed by atoms with Gasteiger partial charge in [0.1, 0.15) is 13.2 Å². The molecule has 0 radical (unpaired) electrons. The molecule has 6 heteroatoms. The van der Waals surface area contributed by atoms with Gasteiger partial charge in [-0.1, -0.05) is 245 Å². The molecule has 0 amide bonds. The van der Waals surface area contributed by atoms with E-state index >= 15 is 0 Å². The molecule has 0 aromatic rings.